The Balaban J connectivity index is 1.83. The van der Waals surface area contributed by atoms with Crippen LogP contribution in [0.5, 0.6) is 0 Å². The van der Waals surface area contributed by atoms with Gasteiger partial charge in [0.1, 0.15) is 11.5 Å². The zero-order valence-electron chi connectivity index (χ0n) is 15.1. The summed E-state index contributed by atoms with van der Waals surface area (Å²) in [5.41, 5.74) is 2.62. The van der Waals surface area contributed by atoms with Crippen molar-refractivity contribution in [1.29, 1.82) is 0 Å². The summed E-state index contributed by atoms with van der Waals surface area (Å²) in [4.78, 5) is 27.2. The average molecular weight is 372 g/mol. The Bertz CT molecular complexity index is 1090. The summed E-state index contributed by atoms with van der Waals surface area (Å²) < 4.78 is 14.3. The second-order valence-electron chi connectivity index (χ2n) is 6.50. The zero-order valence-corrected chi connectivity index (χ0v) is 15.1. The molecule has 1 N–H and O–H groups in total. The first-order valence-corrected chi connectivity index (χ1v) is 8.83. The van der Waals surface area contributed by atoms with Gasteiger partial charge in [-0.25, -0.2) is 9.29 Å². The molecular formula is C23H17FN2O2. The summed E-state index contributed by atoms with van der Waals surface area (Å²) in [6.45, 7) is 1.96. The van der Waals surface area contributed by atoms with Crippen LogP contribution in [-0.4, -0.2) is 11.8 Å². The van der Waals surface area contributed by atoms with E-state index in [2.05, 4.69) is 5.32 Å². The highest BCUT2D eigenvalue weighted by atomic mass is 19.1. The number of rotatable bonds is 4. The van der Waals surface area contributed by atoms with E-state index in [0.717, 1.165) is 10.5 Å². The summed E-state index contributed by atoms with van der Waals surface area (Å²) in [6.07, 6.45) is 0. The van der Waals surface area contributed by atoms with Crippen LogP contribution in [0, 0.1) is 12.7 Å². The number of carbonyl (C=O) groups is 2. The number of nitrogens with zero attached hydrogens (tertiary/aromatic N) is 1. The lowest BCUT2D eigenvalue weighted by Gasteiger charge is -2.16. The molecule has 0 bridgehead atoms. The van der Waals surface area contributed by atoms with E-state index in [9.17, 15) is 14.0 Å². The Morgan fingerprint density at radius 2 is 1.43 bits per heavy atom. The molecular weight excluding hydrogens is 355 g/mol. The molecule has 4 rings (SSSR count). The highest BCUT2D eigenvalue weighted by molar-refractivity contribution is 6.46. The van der Waals surface area contributed by atoms with Crippen LogP contribution < -0.4 is 10.2 Å². The fourth-order valence-corrected chi connectivity index (χ4v) is 3.15. The van der Waals surface area contributed by atoms with Gasteiger partial charge in [0.15, 0.2) is 0 Å². The van der Waals surface area contributed by atoms with Crippen molar-refractivity contribution in [2.45, 2.75) is 6.92 Å². The van der Waals surface area contributed by atoms with E-state index in [-0.39, 0.29) is 17.0 Å². The van der Waals surface area contributed by atoms with Crippen LogP contribution in [-0.2, 0) is 9.59 Å². The molecule has 5 heteroatoms. The lowest BCUT2D eigenvalue weighted by Crippen LogP contribution is -2.33. The third kappa shape index (κ3) is 3.07. The van der Waals surface area contributed by atoms with Crippen molar-refractivity contribution in [2.24, 2.45) is 0 Å². The van der Waals surface area contributed by atoms with Gasteiger partial charge in [-0.1, -0.05) is 60.2 Å². The summed E-state index contributed by atoms with van der Waals surface area (Å²) in [5.74, 6) is -1.78. The molecule has 4 nitrogen and oxygen atoms in total. The molecule has 3 aromatic rings. The molecule has 138 valence electrons. The SMILES string of the molecule is Cc1ccc(NC2=C(c3ccccc3)C(=O)N(c3ccccc3F)C2=O)cc1. The van der Waals surface area contributed by atoms with Crippen molar-refractivity contribution < 1.29 is 14.0 Å². The molecule has 0 radical (unpaired) electrons. The van der Waals surface area contributed by atoms with E-state index >= 15 is 0 Å². The lowest BCUT2D eigenvalue weighted by molar-refractivity contribution is -0.120. The molecule has 0 fully saturated rings. The first-order chi connectivity index (χ1) is 13.6. The summed E-state index contributed by atoms with van der Waals surface area (Å²) in [6, 6.07) is 22.1. The van der Waals surface area contributed by atoms with E-state index in [1.165, 1.54) is 18.2 Å². The molecule has 1 aliphatic rings. The van der Waals surface area contributed by atoms with Gasteiger partial charge >= 0.3 is 0 Å². The van der Waals surface area contributed by atoms with Crippen LogP contribution in [0.15, 0.2) is 84.6 Å². The van der Waals surface area contributed by atoms with Gasteiger partial charge in [-0.05, 0) is 36.8 Å². The van der Waals surface area contributed by atoms with E-state index in [1.54, 1.807) is 30.3 Å². The number of imide groups is 1. The highest BCUT2D eigenvalue weighted by Gasteiger charge is 2.41. The minimum Gasteiger partial charge on any atom is -0.350 e. The maximum Gasteiger partial charge on any atom is 0.282 e. The molecule has 28 heavy (non-hydrogen) atoms. The zero-order chi connectivity index (χ0) is 19.7. The molecule has 1 aliphatic heterocycles. The Morgan fingerprint density at radius 1 is 0.786 bits per heavy atom. The second-order valence-corrected chi connectivity index (χ2v) is 6.50. The molecule has 0 unspecified atom stereocenters. The van der Waals surface area contributed by atoms with Crippen LogP contribution in [0.25, 0.3) is 5.57 Å². The Morgan fingerprint density at radius 3 is 2.11 bits per heavy atom. The van der Waals surface area contributed by atoms with Crippen molar-refractivity contribution in [2.75, 3.05) is 10.2 Å². The predicted molar refractivity (Wildman–Crippen MR) is 107 cm³/mol. The number of anilines is 2. The number of benzene rings is 3. The third-order valence-electron chi connectivity index (χ3n) is 4.56. The van der Waals surface area contributed by atoms with Gasteiger partial charge in [-0.2, -0.15) is 0 Å². The van der Waals surface area contributed by atoms with Gasteiger partial charge in [0.05, 0.1) is 11.3 Å². The highest BCUT2D eigenvalue weighted by Crippen LogP contribution is 2.34. The number of para-hydroxylation sites is 1. The van der Waals surface area contributed by atoms with Crippen LogP contribution in [0.4, 0.5) is 15.8 Å². The van der Waals surface area contributed by atoms with E-state index in [0.29, 0.717) is 11.3 Å². The van der Waals surface area contributed by atoms with Crippen molar-refractivity contribution in [1.82, 2.24) is 0 Å². The van der Waals surface area contributed by atoms with Gasteiger partial charge in [-0.15, -0.1) is 0 Å². The van der Waals surface area contributed by atoms with Crippen molar-refractivity contribution >= 4 is 28.8 Å². The van der Waals surface area contributed by atoms with Gasteiger partial charge < -0.3 is 5.32 Å². The summed E-state index contributed by atoms with van der Waals surface area (Å²) in [7, 11) is 0. The molecule has 0 spiro atoms. The van der Waals surface area contributed by atoms with Gasteiger partial charge in [-0.3, -0.25) is 9.59 Å². The molecule has 3 aromatic carbocycles. The maximum absolute atomic E-state index is 14.3. The molecule has 1 heterocycles. The van der Waals surface area contributed by atoms with Crippen molar-refractivity contribution in [3.8, 4) is 0 Å². The Hall–Kier alpha value is -3.73. The minimum absolute atomic E-state index is 0.0633. The normalized spacial score (nSPS) is 14.0. The molecule has 0 saturated heterocycles. The fourth-order valence-electron chi connectivity index (χ4n) is 3.15. The number of hydrogen-bond donors (Lipinski definition) is 1. The van der Waals surface area contributed by atoms with Crippen molar-refractivity contribution in [3.05, 3.63) is 102 Å². The number of aryl methyl sites for hydroxylation is 1. The largest absolute Gasteiger partial charge is 0.350 e. The number of carbonyl (C=O) groups excluding carboxylic acids is 2. The van der Waals surface area contributed by atoms with Crippen LogP contribution in [0.1, 0.15) is 11.1 Å². The maximum atomic E-state index is 14.3. The summed E-state index contributed by atoms with van der Waals surface area (Å²) in [5, 5.41) is 3.06. The van der Waals surface area contributed by atoms with Crippen molar-refractivity contribution in [3.63, 3.8) is 0 Å². The summed E-state index contributed by atoms with van der Waals surface area (Å²) >= 11 is 0. The first kappa shape index (κ1) is 17.7. The molecule has 0 saturated carbocycles. The molecule has 0 aromatic heterocycles. The number of nitrogens with one attached hydrogen (secondary N) is 1. The number of amides is 2. The van der Waals surface area contributed by atoms with Gasteiger partial charge in [0, 0.05) is 5.69 Å². The average Bonchev–Trinajstić information content (AvgIpc) is 2.95. The third-order valence-corrected chi connectivity index (χ3v) is 4.56. The fraction of sp³-hybridized carbons (Fsp3) is 0.0435. The number of halogens is 1. The molecule has 2 amide bonds. The van der Waals surface area contributed by atoms with E-state index in [4.69, 9.17) is 0 Å². The second kappa shape index (κ2) is 7.12. The smallest absolute Gasteiger partial charge is 0.282 e. The minimum atomic E-state index is -0.631. The van der Waals surface area contributed by atoms with Crippen LogP contribution in [0.3, 0.4) is 0 Å². The monoisotopic (exact) mass is 372 g/mol. The van der Waals surface area contributed by atoms with Gasteiger partial charge in [0.25, 0.3) is 11.8 Å². The molecule has 0 aliphatic carbocycles. The standard InChI is InChI=1S/C23H17FN2O2/c1-15-11-13-17(14-12-15)25-21-20(16-7-3-2-4-8-16)22(27)26(23(21)28)19-10-6-5-9-18(19)24/h2-14,25H,1H3. The first-order valence-electron chi connectivity index (χ1n) is 8.83. The lowest BCUT2D eigenvalue weighted by atomic mass is 10.0. The Labute approximate surface area is 161 Å². The van der Waals surface area contributed by atoms with Crippen LogP contribution in [0.2, 0.25) is 0 Å². The number of hydrogen-bond acceptors (Lipinski definition) is 3. The molecule has 0 atom stereocenters. The van der Waals surface area contributed by atoms with E-state index < -0.39 is 17.6 Å². The quantitative estimate of drug-likeness (QED) is 0.685. The van der Waals surface area contributed by atoms with Crippen LogP contribution >= 0.6 is 0 Å². The van der Waals surface area contributed by atoms with Gasteiger partial charge in [0.2, 0.25) is 0 Å². The van der Waals surface area contributed by atoms with E-state index in [1.807, 2.05) is 37.3 Å². The predicted octanol–water partition coefficient (Wildman–Crippen LogP) is 4.53. The Kier molecular flexibility index (Phi) is 4.49. The topological polar surface area (TPSA) is 49.4 Å².